The lowest BCUT2D eigenvalue weighted by atomic mass is 9.85. The fraction of sp³-hybridized carbons (Fsp3) is 0.508. The van der Waals surface area contributed by atoms with E-state index in [1.165, 1.54) is 11.1 Å². The highest BCUT2D eigenvalue weighted by atomic mass is 35.5. The van der Waals surface area contributed by atoms with E-state index in [2.05, 4.69) is 49.2 Å². The molecule has 0 saturated carbocycles. The number of para-hydroxylation sites is 1. The van der Waals surface area contributed by atoms with E-state index in [1.54, 1.807) is 49.4 Å². The minimum Gasteiger partial charge on any atom is -0.489 e. The van der Waals surface area contributed by atoms with E-state index in [1.807, 2.05) is 82.3 Å². The Labute approximate surface area is 475 Å². The van der Waals surface area contributed by atoms with Gasteiger partial charge in [-0.15, -0.1) is 11.3 Å². The number of aliphatic hydroxyl groups is 1. The minimum absolute atomic E-state index is 0.00689. The molecule has 2 aliphatic heterocycles. The number of hydrogen-bond acceptors (Lipinski definition) is 14. The summed E-state index contributed by atoms with van der Waals surface area (Å²) < 4.78 is 32.6. The number of halogens is 1. The van der Waals surface area contributed by atoms with Crippen molar-refractivity contribution in [3.63, 3.8) is 0 Å². The van der Waals surface area contributed by atoms with Crippen molar-refractivity contribution in [2.75, 3.05) is 30.3 Å². The molecule has 17 nitrogen and oxygen atoms in total. The maximum atomic E-state index is 14.1. The zero-order valence-electron chi connectivity index (χ0n) is 47.0. The summed E-state index contributed by atoms with van der Waals surface area (Å²) in [5.41, 5.74) is 7.31. The lowest BCUT2D eigenvalue weighted by molar-refractivity contribution is -0.144. The second-order valence-corrected chi connectivity index (χ2v) is 26.2. The Hall–Kier alpha value is -6.15. The van der Waals surface area contributed by atoms with Crippen molar-refractivity contribution in [2.45, 2.75) is 173 Å². The number of aromatic nitrogens is 3. The smallest absolute Gasteiger partial charge is 0.246 e. The van der Waals surface area contributed by atoms with Crippen LogP contribution in [0.1, 0.15) is 141 Å². The SMILES string of the molecule is Cc1cc(Nc2ncc(Cl)c(Nc3ccccc3S(=O)(=O)C(C)C)n2)c(OC(C)C)cc1C1CCN(C(=O)CCCCCCCC(=O)N[C@H](C(=O)N2C[C@H](O)C[C@H]2C(=O)NCc2ccc(-c3scnc3C)cc2)C(C)(C)C)CC1. The molecule has 79 heavy (non-hydrogen) atoms. The number of nitrogens with zero attached hydrogens (tertiary/aromatic N) is 5. The first kappa shape index (κ1) is 60.5. The Morgan fingerprint density at radius 1 is 0.886 bits per heavy atom. The van der Waals surface area contributed by atoms with Crippen LogP contribution in [0.5, 0.6) is 5.75 Å². The van der Waals surface area contributed by atoms with Gasteiger partial charge in [-0.25, -0.2) is 18.4 Å². The van der Waals surface area contributed by atoms with Crippen LogP contribution in [0.25, 0.3) is 10.4 Å². The zero-order valence-corrected chi connectivity index (χ0v) is 49.4. The number of anilines is 4. The number of amides is 4. The van der Waals surface area contributed by atoms with Crippen LogP contribution in [0.2, 0.25) is 5.02 Å². The molecule has 5 aromatic rings. The van der Waals surface area contributed by atoms with Gasteiger partial charge in [-0.3, -0.25) is 19.2 Å². The van der Waals surface area contributed by atoms with Crippen LogP contribution < -0.4 is 26.0 Å². The Kier molecular flexibility index (Phi) is 20.6. The van der Waals surface area contributed by atoms with Crippen LogP contribution in [0.15, 0.2) is 77.3 Å². The molecular formula is C59H78ClN9O8S2. The number of β-amino-alcohol motifs (C(OH)–C–C–N with tert-alkyl or cyclic N) is 1. The van der Waals surface area contributed by atoms with E-state index in [-0.39, 0.29) is 83.3 Å². The highest BCUT2D eigenvalue weighted by Crippen LogP contribution is 2.39. The van der Waals surface area contributed by atoms with Crippen LogP contribution in [0.3, 0.4) is 0 Å². The van der Waals surface area contributed by atoms with Gasteiger partial charge in [0.1, 0.15) is 22.9 Å². The van der Waals surface area contributed by atoms with Crippen LogP contribution in [-0.4, -0.2) is 111 Å². The van der Waals surface area contributed by atoms with Gasteiger partial charge < -0.3 is 40.9 Å². The second-order valence-electron chi connectivity index (χ2n) is 22.5. The average Bonchev–Trinajstić information content (AvgIpc) is 4.05. The molecule has 0 radical (unpaired) electrons. The molecule has 5 N–H and O–H groups in total. The lowest BCUT2D eigenvalue weighted by Crippen LogP contribution is -2.57. The topological polar surface area (TPSA) is 225 Å². The Morgan fingerprint density at radius 2 is 1.57 bits per heavy atom. The van der Waals surface area contributed by atoms with Crippen molar-refractivity contribution in [3.8, 4) is 16.2 Å². The van der Waals surface area contributed by atoms with Crippen molar-refractivity contribution in [3.05, 3.63) is 99.8 Å². The number of unbranched alkanes of at least 4 members (excludes halogenated alkanes) is 4. The number of rotatable bonds is 23. The fourth-order valence-corrected chi connectivity index (χ4v) is 12.3. The van der Waals surface area contributed by atoms with Crippen molar-refractivity contribution in [1.29, 1.82) is 0 Å². The zero-order chi connectivity index (χ0) is 57.2. The molecule has 0 bridgehead atoms. The maximum Gasteiger partial charge on any atom is 0.246 e. The molecule has 2 saturated heterocycles. The molecule has 2 aliphatic rings. The summed E-state index contributed by atoms with van der Waals surface area (Å²) in [4.78, 5) is 72.3. The van der Waals surface area contributed by atoms with E-state index < -0.39 is 38.7 Å². The Morgan fingerprint density at radius 3 is 2.23 bits per heavy atom. The van der Waals surface area contributed by atoms with E-state index in [9.17, 15) is 32.7 Å². The van der Waals surface area contributed by atoms with Gasteiger partial charge in [0.25, 0.3) is 0 Å². The average molecular weight is 1140 g/mol. The van der Waals surface area contributed by atoms with Gasteiger partial charge in [0.2, 0.25) is 29.6 Å². The molecule has 0 spiro atoms. The van der Waals surface area contributed by atoms with Gasteiger partial charge in [-0.1, -0.05) is 88.0 Å². The number of carbonyl (C=O) groups excluding carboxylic acids is 4. The van der Waals surface area contributed by atoms with E-state index in [4.69, 9.17) is 16.3 Å². The molecule has 2 fully saturated rings. The Balaban J connectivity index is 0.836. The third kappa shape index (κ3) is 15.8. The van der Waals surface area contributed by atoms with Gasteiger partial charge in [-0.05, 0) is 125 Å². The van der Waals surface area contributed by atoms with Gasteiger partial charge >= 0.3 is 0 Å². The highest BCUT2D eigenvalue weighted by Gasteiger charge is 2.44. The first-order valence-corrected chi connectivity index (χ1v) is 30.3. The molecule has 4 heterocycles. The van der Waals surface area contributed by atoms with Crippen LogP contribution in [0.4, 0.5) is 23.1 Å². The quantitative estimate of drug-likeness (QED) is 0.0384. The van der Waals surface area contributed by atoms with Gasteiger partial charge in [-0.2, -0.15) is 4.98 Å². The van der Waals surface area contributed by atoms with Crippen molar-refractivity contribution >= 4 is 79.5 Å². The third-order valence-electron chi connectivity index (χ3n) is 14.6. The second kappa shape index (κ2) is 26.9. The van der Waals surface area contributed by atoms with E-state index in [0.29, 0.717) is 43.1 Å². The number of ether oxygens (including phenoxy) is 1. The summed E-state index contributed by atoms with van der Waals surface area (Å²) in [6, 6.07) is 16.9. The monoisotopic (exact) mass is 1140 g/mol. The van der Waals surface area contributed by atoms with Crippen molar-refractivity contribution in [1.82, 2.24) is 35.4 Å². The number of thiazole rings is 1. The molecule has 3 atom stereocenters. The number of aryl methyl sites for hydroxylation is 2. The van der Waals surface area contributed by atoms with Crippen LogP contribution in [-0.2, 0) is 35.6 Å². The molecule has 4 amide bonds. The van der Waals surface area contributed by atoms with Crippen LogP contribution >= 0.6 is 22.9 Å². The molecule has 0 unspecified atom stereocenters. The highest BCUT2D eigenvalue weighted by molar-refractivity contribution is 7.92. The fourth-order valence-electron chi connectivity index (χ4n) is 10.1. The van der Waals surface area contributed by atoms with Gasteiger partial charge in [0, 0.05) is 45.4 Å². The van der Waals surface area contributed by atoms with Gasteiger partial charge in [0.15, 0.2) is 15.7 Å². The largest absolute Gasteiger partial charge is 0.489 e. The van der Waals surface area contributed by atoms with E-state index in [0.717, 1.165) is 71.3 Å². The third-order valence-corrected chi connectivity index (χ3v) is 18.0. The standard InChI is InChI=1S/C59H78ClN9O8S2/c1-36(2)77-49-31-44(38(5)29-47(49)65-58-62-33-45(60)55(67-58)64-46-17-15-16-18-50(46)79(75,76)37(3)4)41-25-27-68(28-26-41)52(72)20-14-12-10-11-13-19-51(71)66-54(59(7,8)9)57(74)69-34-43(70)30-48(69)56(73)61-32-40-21-23-42(24-22-40)53-39(6)63-35-78-53/h15-18,21-24,29,31,33,35-37,41,43,48,54,70H,10-14,19-20,25-28,30,32,34H2,1-9H3,(H,61,73)(H,66,71)(H2,62,64,65,67)/t43-,48+,54-/m1/s1. The predicted octanol–water partition coefficient (Wildman–Crippen LogP) is 10.6. The minimum atomic E-state index is -3.60. The lowest BCUT2D eigenvalue weighted by Gasteiger charge is -2.35. The molecule has 7 rings (SSSR count). The molecule has 0 aliphatic carbocycles. The number of hydrogen-bond donors (Lipinski definition) is 5. The summed E-state index contributed by atoms with van der Waals surface area (Å²) >= 11 is 8.10. The number of carbonyl (C=O) groups is 4. The number of nitrogens with one attached hydrogen (secondary N) is 4. The van der Waals surface area contributed by atoms with E-state index >= 15 is 0 Å². The molecule has 2 aromatic heterocycles. The summed E-state index contributed by atoms with van der Waals surface area (Å²) in [6.07, 6.45) is 6.84. The number of aliphatic hydroxyl groups excluding tert-OH is 1. The maximum absolute atomic E-state index is 14.1. The first-order valence-electron chi connectivity index (χ1n) is 27.5. The number of benzene rings is 3. The number of piperidine rings is 1. The number of sulfone groups is 1. The number of likely N-dealkylation sites (tertiary alicyclic amines) is 2. The van der Waals surface area contributed by atoms with Crippen LogP contribution in [0, 0.1) is 19.3 Å². The Bertz CT molecular complexity index is 3050. The summed E-state index contributed by atoms with van der Waals surface area (Å²) in [5, 5.41) is 22.6. The first-order chi connectivity index (χ1) is 37.5. The molecule has 3 aromatic carbocycles. The summed E-state index contributed by atoms with van der Waals surface area (Å²) in [7, 11) is -3.60. The normalized spacial score (nSPS) is 16.5. The molecule has 426 valence electrons. The summed E-state index contributed by atoms with van der Waals surface area (Å²) in [6.45, 7) is 18.4. The molecule has 20 heteroatoms. The van der Waals surface area contributed by atoms with Gasteiger partial charge in [0.05, 0.1) is 56.0 Å². The van der Waals surface area contributed by atoms with Crippen molar-refractivity contribution in [2.24, 2.45) is 5.41 Å². The molecular weight excluding hydrogens is 1060 g/mol. The van der Waals surface area contributed by atoms with Crippen molar-refractivity contribution < 1.29 is 37.4 Å². The summed E-state index contributed by atoms with van der Waals surface area (Å²) in [5.74, 6) is 0.502. The predicted molar refractivity (Wildman–Crippen MR) is 312 cm³/mol.